The lowest BCUT2D eigenvalue weighted by Crippen LogP contribution is -2.28. The third kappa shape index (κ3) is 4.37. The van der Waals surface area contributed by atoms with Gasteiger partial charge in [0.1, 0.15) is 0 Å². The van der Waals surface area contributed by atoms with Crippen LogP contribution in [0.3, 0.4) is 0 Å². The lowest BCUT2D eigenvalue weighted by atomic mass is 9.99. The van der Waals surface area contributed by atoms with Crippen molar-refractivity contribution >= 4 is 23.0 Å². The SMILES string of the molecule is CC1=C(C)Nc2ccccc2C1.CCNC(N)=S. The van der Waals surface area contributed by atoms with E-state index in [0.717, 1.165) is 13.0 Å². The van der Waals surface area contributed by atoms with Gasteiger partial charge in [-0.1, -0.05) is 18.2 Å². The molecule has 4 heteroatoms. The van der Waals surface area contributed by atoms with Crippen LogP contribution in [-0.2, 0) is 6.42 Å². The minimum Gasteiger partial charge on any atom is -0.376 e. The van der Waals surface area contributed by atoms with Gasteiger partial charge in [-0.25, -0.2) is 0 Å². The maximum Gasteiger partial charge on any atom is 0.163 e. The molecule has 1 aromatic rings. The number of para-hydroxylation sites is 1. The van der Waals surface area contributed by atoms with Crippen molar-refractivity contribution in [1.29, 1.82) is 0 Å². The van der Waals surface area contributed by atoms with Crippen LogP contribution >= 0.6 is 12.2 Å². The van der Waals surface area contributed by atoms with Crippen molar-refractivity contribution in [2.24, 2.45) is 5.73 Å². The highest BCUT2D eigenvalue weighted by molar-refractivity contribution is 7.80. The molecule has 0 spiro atoms. The molecule has 3 nitrogen and oxygen atoms in total. The predicted octanol–water partition coefficient (Wildman–Crippen LogP) is 2.79. The lowest BCUT2D eigenvalue weighted by molar-refractivity contribution is 0.973. The van der Waals surface area contributed by atoms with Gasteiger partial charge >= 0.3 is 0 Å². The molecule has 0 aliphatic carbocycles. The third-order valence-electron chi connectivity index (χ3n) is 2.79. The molecule has 0 unspecified atom stereocenters. The number of fused-ring (bicyclic) bond motifs is 1. The number of nitrogens with one attached hydrogen (secondary N) is 2. The summed E-state index contributed by atoms with van der Waals surface area (Å²) in [7, 11) is 0. The summed E-state index contributed by atoms with van der Waals surface area (Å²) in [6.07, 6.45) is 1.09. The summed E-state index contributed by atoms with van der Waals surface area (Å²) in [4.78, 5) is 0. The van der Waals surface area contributed by atoms with Crippen LogP contribution in [0, 0.1) is 0 Å². The van der Waals surface area contributed by atoms with Gasteiger partial charge in [-0.3, -0.25) is 0 Å². The van der Waals surface area contributed by atoms with E-state index in [1.54, 1.807) is 0 Å². The molecule has 98 valence electrons. The molecule has 18 heavy (non-hydrogen) atoms. The molecule has 1 aliphatic heterocycles. The fourth-order valence-electron chi connectivity index (χ4n) is 1.70. The molecule has 0 bridgehead atoms. The van der Waals surface area contributed by atoms with Gasteiger partial charge in [-0.2, -0.15) is 0 Å². The number of hydrogen-bond donors (Lipinski definition) is 3. The maximum atomic E-state index is 5.02. The van der Waals surface area contributed by atoms with Crippen LogP contribution in [0.15, 0.2) is 35.5 Å². The molecular formula is C14H21N3S. The molecule has 1 aliphatic rings. The number of allylic oxidation sites excluding steroid dienone is 2. The second-order valence-corrected chi connectivity index (χ2v) is 4.70. The zero-order valence-electron chi connectivity index (χ0n) is 11.2. The summed E-state index contributed by atoms with van der Waals surface area (Å²) in [5.74, 6) is 0. The molecule has 1 heterocycles. The second kappa shape index (κ2) is 7.01. The van der Waals surface area contributed by atoms with E-state index in [2.05, 4.69) is 61.0 Å². The summed E-state index contributed by atoms with van der Waals surface area (Å²) in [6.45, 7) is 7.07. The Morgan fingerprint density at radius 1 is 1.39 bits per heavy atom. The van der Waals surface area contributed by atoms with Crippen LogP contribution in [0.5, 0.6) is 0 Å². The van der Waals surface area contributed by atoms with Gasteiger partial charge in [-0.15, -0.1) is 0 Å². The Kier molecular flexibility index (Phi) is 5.65. The van der Waals surface area contributed by atoms with Crippen molar-refractivity contribution in [3.8, 4) is 0 Å². The molecule has 2 rings (SSSR count). The van der Waals surface area contributed by atoms with Gasteiger partial charge in [0.05, 0.1) is 0 Å². The zero-order valence-corrected chi connectivity index (χ0v) is 12.0. The molecule has 0 fully saturated rings. The van der Waals surface area contributed by atoms with Crippen molar-refractivity contribution in [3.05, 3.63) is 41.1 Å². The Morgan fingerprint density at radius 2 is 2.06 bits per heavy atom. The van der Waals surface area contributed by atoms with Crippen LogP contribution in [0.2, 0.25) is 0 Å². The van der Waals surface area contributed by atoms with Crippen molar-refractivity contribution in [2.75, 3.05) is 11.9 Å². The highest BCUT2D eigenvalue weighted by Crippen LogP contribution is 2.26. The molecule has 4 N–H and O–H groups in total. The van der Waals surface area contributed by atoms with Crippen LogP contribution in [0.25, 0.3) is 0 Å². The number of benzene rings is 1. The van der Waals surface area contributed by atoms with E-state index in [0.29, 0.717) is 5.11 Å². The van der Waals surface area contributed by atoms with Gasteiger partial charge < -0.3 is 16.4 Å². The van der Waals surface area contributed by atoms with Crippen LogP contribution < -0.4 is 16.4 Å². The van der Waals surface area contributed by atoms with Gasteiger partial charge in [-0.05, 0) is 56.6 Å². The smallest absolute Gasteiger partial charge is 0.163 e. The van der Waals surface area contributed by atoms with E-state index >= 15 is 0 Å². The molecule has 0 atom stereocenters. The van der Waals surface area contributed by atoms with E-state index in [1.807, 2.05) is 6.92 Å². The van der Waals surface area contributed by atoms with E-state index < -0.39 is 0 Å². The number of hydrogen-bond acceptors (Lipinski definition) is 2. The first-order valence-corrected chi connectivity index (χ1v) is 6.50. The quantitative estimate of drug-likeness (QED) is 0.682. The van der Waals surface area contributed by atoms with Gasteiger partial charge in [0, 0.05) is 17.9 Å². The Labute approximate surface area is 114 Å². The summed E-state index contributed by atoms with van der Waals surface area (Å²) in [5, 5.41) is 6.48. The molecule has 0 amide bonds. The van der Waals surface area contributed by atoms with Crippen molar-refractivity contribution in [3.63, 3.8) is 0 Å². The summed E-state index contributed by atoms with van der Waals surface area (Å²) >= 11 is 4.46. The summed E-state index contributed by atoms with van der Waals surface area (Å²) in [6, 6.07) is 8.47. The summed E-state index contributed by atoms with van der Waals surface area (Å²) < 4.78 is 0. The average Bonchev–Trinajstić information content (AvgIpc) is 2.31. The largest absolute Gasteiger partial charge is 0.376 e. The first-order valence-electron chi connectivity index (χ1n) is 6.09. The van der Waals surface area contributed by atoms with Crippen LogP contribution in [0.1, 0.15) is 26.3 Å². The number of anilines is 1. The highest BCUT2D eigenvalue weighted by Gasteiger charge is 2.09. The lowest BCUT2D eigenvalue weighted by Gasteiger charge is -2.20. The first-order chi connectivity index (χ1) is 8.54. The van der Waals surface area contributed by atoms with Gasteiger partial charge in [0.2, 0.25) is 0 Å². The minimum atomic E-state index is 0.373. The molecule has 1 aromatic carbocycles. The standard InChI is InChI=1S/C11H13N.C3H8N2S/c1-8-7-10-5-3-4-6-11(10)12-9(8)2;1-2-5-3(4)6/h3-6,12H,7H2,1-2H3;2H2,1H3,(H3,4,5,6). The predicted molar refractivity (Wildman–Crippen MR) is 82.6 cm³/mol. The second-order valence-electron chi connectivity index (χ2n) is 4.26. The Bertz CT molecular complexity index is 419. The van der Waals surface area contributed by atoms with Crippen molar-refractivity contribution < 1.29 is 0 Å². The van der Waals surface area contributed by atoms with E-state index in [4.69, 9.17) is 5.73 Å². The highest BCUT2D eigenvalue weighted by atomic mass is 32.1. The molecule has 0 aromatic heterocycles. The van der Waals surface area contributed by atoms with Gasteiger partial charge in [0.25, 0.3) is 0 Å². The molecule has 0 saturated carbocycles. The number of nitrogens with two attached hydrogens (primary N) is 1. The Morgan fingerprint density at radius 3 is 2.61 bits per heavy atom. The fraction of sp³-hybridized carbons (Fsp3) is 0.357. The van der Waals surface area contributed by atoms with E-state index in [1.165, 1.54) is 22.5 Å². The first kappa shape index (κ1) is 14.5. The average molecular weight is 263 g/mol. The van der Waals surface area contributed by atoms with E-state index in [-0.39, 0.29) is 0 Å². The Hall–Kier alpha value is -1.55. The Balaban J connectivity index is 0.000000232. The maximum absolute atomic E-state index is 5.02. The molecular weight excluding hydrogens is 242 g/mol. The van der Waals surface area contributed by atoms with Gasteiger partial charge in [0.15, 0.2) is 5.11 Å². The van der Waals surface area contributed by atoms with Crippen molar-refractivity contribution in [2.45, 2.75) is 27.2 Å². The number of thiocarbonyl (C=S) groups is 1. The normalized spacial score (nSPS) is 12.8. The van der Waals surface area contributed by atoms with E-state index in [9.17, 15) is 0 Å². The monoisotopic (exact) mass is 263 g/mol. The van der Waals surface area contributed by atoms with Crippen molar-refractivity contribution in [1.82, 2.24) is 5.32 Å². The molecule has 0 radical (unpaired) electrons. The fourth-order valence-corrected chi connectivity index (χ4v) is 1.84. The topological polar surface area (TPSA) is 50.1 Å². The molecule has 0 saturated heterocycles. The van der Waals surface area contributed by atoms with Crippen LogP contribution in [0.4, 0.5) is 5.69 Å². The number of rotatable bonds is 1. The zero-order chi connectivity index (χ0) is 13.5. The third-order valence-corrected chi connectivity index (χ3v) is 2.93. The summed E-state index contributed by atoms with van der Waals surface area (Å²) in [5.41, 5.74) is 10.4. The minimum absolute atomic E-state index is 0.373. The van der Waals surface area contributed by atoms with Crippen LogP contribution in [-0.4, -0.2) is 11.7 Å².